The summed E-state index contributed by atoms with van der Waals surface area (Å²) in [4.78, 5) is 11.3. The molecule has 0 atom stereocenters. The van der Waals surface area contributed by atoms with Crippen LogP contribution in [0.5, 0.6) is 5.75 Å². The number of aromatic hydroxyl groups is 1. The number of carbonyl (C=O) groups is 1. The molecular weight excluding hydrogens is 196 g/mol. The number of phenols is 1. The van der Waals surface area contributed by atoms with E-state index in [-0.39, 0.29) is 23.4 Å². The fraction of sp³-hybridized carbons (Fsp3) is 0.200. The molecule has 0 fully saturated rings. The molecular formula is C10H10N2O3. The second-order valence-electron chi connectivity index (χ2n) is 2.83. The number of nitriles is 1. The summed E-state index contributed by atoms with van der Waals surface area (Å²) < 4.78 is 4.52. The highest BCUT2D eigenvalue weighted by atomic mass is 16.5. The standard InChI is InChI=1S/C10H10N2O3/c1-15-10(14)8-3-9(13)7(5-12)2-6(8)4-11/h2-3,13H,4,11H2,1H3. The average Bonchev–Trinajstić information content (AvgIpc) is 2.27. The summed E-state index contributed by atoms with van der Waals surface area (Å²) in [6.45, 7) is 0.0966. The molecule has 5 nitrogen and oxygen atoms in total. The number of methoxy groups -OCH3 is 1. The first-order valence-corrected chi connectivity index (χ1v) is 4.18. The molecule has 0 amide bonds. The Labute approximate surface area is 86.7 Å². The summed E-state index contributed by atoms with van der Waals surface area (Å²) in [6.07, 6.45) is 0. The lowest BCUT2D eigenvalue weighted by Crippen LogP contribution is -2.09. The molecule has 5 heteroatoms. The summed E-state index contributed by atoms with van der Waals surface area (Å²) in [6, 6.07) is 4.36. The summed E-state index contributed by atoms with van der Waals surface area (Å²) >= 11 is 0. The molecule has 1 rings (SSSR count). The van der Waals surface area contributed by atoms with Crippen molar-refractivity contribution in [2.45, 2.75) is 6.54 Å². The van der Waals surface area contributed by atoms with Gasteiger partial charge in [-0.1, -0.05) is 0 Å². The lowest BCUT2D eigenvalue weighted by atomic mass is 10.0. The Balaban J connectivity index is 3.35. The van der Waals surface area contributed by atoms with Gasteiger partial charge >= 0.3 is 5.97 Å². The number of ether oxygens (including phenoxy) is 1. The normalized spacial score (nSPS) is 9.40. The third kappa shape index (κ3) is 2.06. The molecule has 0 aromatic heterocycles. The Morgan fingerprint density at radius 1 is 1.67 bits per heavy atom. The molecule has 0 radical (unpaired) electrons. The predicted octanol–water partition coefficient (Wildman–Crippen LogP) is 0.509. The van der Waals surface area contributed by atoms with E-state index in [9.17, 15) is 9.90 Å². The minimum atomic E-state index is -0.588. The second-order valence-corrected chi connectivity index (χ2v) is 2.83. The van der Waals surface area contributed by atoms with Crippen molar-refractivity contribution in [2.24, 2.45) is 5.73 Å². The first-order chi connectivity index (χ1) is 7.13. The molecule has 3 N–H and O–H groups in total. The number of esters is 1. The monoisotopic (exact) mass is 206 g/mol. The molecule has 0 saturated heterocycles. The van der Waals surface area contributed by atoms with Crippen LogP contribution in [0.2, 0.25) is 0 Å². The number of carbonyl (C=O) groups excluding carboxylic acids is 1. The van der Waals surface area contributed by atoms with E-state index in [1.807, 2.05) is 0 Å². The zero-order chi connectivity index (χ0) is 11.4. The molecule has 0 aliphatic heterocycles. The summed E-state index contributed by atoms with van der Waals surface area (Å²) in [5.41, 5.74) is 6.15. The van der Waals surface area contributed by atoms with Crippen LogP contribution in [-0.4, -0.2) is 18.2 Å². The Bertz CT molecular complexity index is 435. The fourth-order valence-electron chi connectivity index (χ4n) is 1.19. The second kappa shape index (κ2) is 4.44. The van der Waals surface area contributed by atoms with Gasteiger partial charge in [-0.2, -0.15) is 5.26 Å². The van der Waals surface area contributed by atoms with Crippen LogP contribution in [0.15, 0.2) is 12.1 Å². The molecule has 15 heavy (non-hydrogen) atoms. The Kier molecular flexibility index (Phi) is 3.26. The average molecular weight is 206 g/mol. The van der Waals surface area contributed by atoms with Gasteiger partial charge in [-0.3, -0.25) is 0 Å². The Hall–Kier alpha value is -2.06. The highest BCUT2D eigenvalue weighted by Gasteiger charge is 2.14. The summed E-state index contributed by atoms with van der Waals surface area (Å²) in [7, 11) is 1.23. The minimum Gasteiger partial charge on any atom is -0.507 e. The van der Waals surface area contributed by atoms with E-state index in [1.54, 1.807) is 6.07 Å². The number of benzene rings is 1. The van der Waals surface area contributed by atoms with Crippen molar-refractivity contribution in [3.63, 3.8) is 0 Å². The van der Waals surface area contributed by atoms with Crippen molar-refractivity contribution in [3.8, 4) is 11.8 Å². The zero-order valence-corrected chi connectivity index (χ0v) is 8.15. The van der Waals surface area contributed by atoms with Crippen LogP contribution >= 0.6 is 0 Å². The number of phenolic OH excluding ortho intramolecular Hbond substituents is 1. The fourth-order valence-corrected chi connectivity index (χ4v) is 1.19. The number of hydrogen-bond donors (Lipinski definition) is 2. The largest absolute Gasteiger partial charge is 0.507 e. The summed E-state index contributed by atoms with van der Waals surface area (Å²) in [5, 5.41) is 18.0. The van der Waals surface area contributed by atoms with Gasteiger partial charge in [0, 0.05) is 6.54 Å². The maximum absolute atomic E-state index is 11.3. The quantitative estimate of drug-likeness (QED) is 0.687. The molecule has 1 aromatic carbocycles. The third-order valence-corrected chi connectivity index (χ3v) is 1.97. The minimum absolute atomic E-state index is 0.0862. The summed E-state index contributed by atoms with van der Waals surface area (Å²) in [5.74, 6) is -0.842. The molecule has 0 aliphatic rings. The molecule has 1 aromatic rings. The maximum atomic E-state index is 11.3. The molecule has 78 valence electrons. The molecule has 0 saturated carbocycles. The number of nitrogens with two attached hydrogens (primary N) is 1. The topological polar surface area (TPSA) is 96.3 Å². The maximum Gasteiger partial charge on any atom is 0.338 e. The van der Waals surface area contributed by atoms with Crippen molar-refractivity contribution >= 4 is 5.97 Å². The van der Waals surface area contributed by atoms with Gasteiger partial charge < -0.3 is 15.6 Å². The van der Waals surface area contributed by atoms with Crippen LogP contribution in [0.3, 0.4) is 0 Å². The molecule has 0 bridgehead atoms. The SMILES string of the molecule is COC(=O)c1cc(O)c(C#N)cc1CN. The van der Waals surface area contributed by atoms with Crippen LogP contribution in [-0.2, 0) is 11.3 Å². The van der Waals surface area contributed by atoms with E-state index in [2.05, 4.69) is 4.74 Å². The van der Waals surface area contributed by atoms with E-state index < -0.39 is 5.97 Å². The van der Waals surface area contributed by atoms with Crippen molar-refractivity contribution < 1.29 is 14.6 Å². The van der Waals surface area contributed by atoms with Gasteiger partial charge in [-0.15, -0.1) is 0 Å². The lowest BCUT2D eigenvalue weighted by Gasteiger charge is -2.07. The van der Waals surface area contributed by atoms with Gasteiger partial charge in [-0.25, -0.2) is 4.79 Å². The predicted molar refractivity (Wildman–Crippen MR) is 52.1 cm³/mol. The van der Waals surface area contributed by atoms with E-state index in [4.69, 9.17) is 11.0 Å². The van der Waals surface area contributed by atoms with E-state index in [0.29, 0.717) is 5.56 Å². The molecule has 0 aliphatic carbocycles. The molecule has 0 unspecified atom stereocenters. The van der Waals surface area contributed by atoms with Gasteiger partial charge in [-0.05, 0) is 17.7 Å². The smallest absolute Gasteiger partial charge is 0.338 e. The van der Waals surface area contributed by atoms with Crippen molar-refractivity contribution in [1.82, 2.24) is 0 Å². The number of hydrogen-bond acceptors (Lipinski definition) is 5. The van der Waals surface area contributed by atoms with Crippen LogP contribution in [0.1, 0.15) is 21.5 Å². The number of nitrogens with zero attached hydrogens (tertiary/aromatic N) is 1. The third-order valence-electron chi connectivity index (χ3n) is 1.97. The van der Waals surface area contributed by atoms with Crippen LogP contribution in [0.4, 0.5) is 0 Å². The van der Waals surface area contributed by atoms with Crippen molar-refractivity contribution in [2.75, 3.05) is 7.11 Å². The highest BCUT2D eigenvalue weighted by molar-refractivity contribution is 5.91. The van der Waals surface area contributed by atoms with E-state index in [1.165, 1.54) is 19.2 Å². The van der Waals surface area contributed by atoms with Gasteiger partial charge in [0.1, 0.15) is 11.8 Å². The molecule has 0 spiro atoms. The van der Waals surface area contributed by atoms with E-state index in [0.717, 1.165) is 0 Å². The first kappa shape index (κ1) is 11.0. The lowest BCUT2D eigenvalue weighted by molar-refractivity contribution is 0.0599. The van der Waals surface area contributed by atoms with Crippen molar-refractivity contribution in [3.05, 3.63) is 28.8 Å². The van der Waals surface area contributed by atoms with Crippen LogP contribution in [0.25, 0.3) is 0 Å². The Morgan fingerprint density at radius 3 is 2.80 bits per heavy atom. The molecule has 0 heterocycles. The van der Waals surface area contributed by atoms with E-state index >= 15 is 0 Å². The van der Waals surface area contributed by atoms with Gasteiger partial charge in [0.2, 0.25) is 0 Å². The first-order valence-electron chi connectivity index (χ1n) is 4.18. The zero-order valence-electron chi connectivity index (χ0n) is 8.15. The number of rotatable bonds is 2. The van der Waals surface area contributed by atoms with Gasteiger partial charge in [0.05, 0.1) is 18.2 Å². The van der Waals surface area contributed by atoms with Crippen LogP contribution < -0.4 is 5.73 Å². The van der Waals surface area contributed by atoms with Gasteiger partial charge in [0.15, 0.2) is 0 Å². The van der Waals surface area contributed by atoms with Crippen molar-refractivity contribution in [1.29, 1.82) is 5.26 Å². The van der Waals surface area contributed by atoms with Crippen LogP contribution in [0, 0.1) is 11.3 Å². The highest BCUT2D eigenvalue weighted by Crippen LogP contribution is 2.22. The van der Waals surface area contributed by atoms with Gasteiger partial charge in [0.25, 0.3) is 0 Å². The Morgan fingerprint density at radius 2 is 2.33 bits per heavy atom.